The summed E-state index contributed by atoms with van der Waals surface area (Å²) >= 11 is 0. The predicted molar refractivity (Wildman–Crippen MR) is 111 cm³/mol. The molecule has 3 aromatic rings. The normalized spacial score (nSPS) is 25.8. The molecule has 1 atom stereocenters. The lowest BCUT2D eigenvalue weighted by molar-refractivity contribution is -0.348. The van der Waals surface area contributed by atoms with Crippen molar-refractivity contribution in [3.05, 3.63) is 71.6 Å². The second-order valence-corrected chi connectivity index (χ2v) is 11.4. The van der Waals surface area contributed by atoms with Gasteiger partial charge in [0.15, 0.2) is 21.8 Å². The summed E-state index contributed by atoms with van der Waals surface area (Å²) < 4.78 is 83.8. The molecule has 1 unspecified atom stereocenters. The van der Waals surface area contributed by atoms with Gasteiger partial charge in [0.25, 0.3) is 5.92 Å². The van der Waals surface area contributed by atoms with Gasteiger partial charge in [0.1, 0.15) is 18.2 Å². The third kappa shape index (κ3) is 3.11. The lowest BCUT2D eigenvalue weighted by atomic mass is 9.30. The summed E-state index contributed by atoms with van der Waals surface area (Å²) in [6.45, 7) is -0.889. The highest BCUT2D eigenvalue weighted by molar-refractivity contribution is 7.90. The number of benzene rings is 2. The van der Waals surface area contributed by atoms with E-state index in [4.69, 9.17) is 0 Å². The molecule has 1 N–H and O–H groups in total. The smallest absolute Gasteiger partial charge is 0.287 e. The number of hydrogen-bond acceptors (Lipinski definition) is 6. The first kappa shape index (κ1) is 22.9. The van der Waals surface area contributed by atoms with E-state index in [0.29, 0.717) is 6.07 Å². The third-order valence-electron chi connectivity index (χ3n) is 7.25. The molecule has 34 heavy (non-hydrogen) atoms. The summed E-state index contributed by atoms with van der Waals surface area (Å²) in [5.74, 6) is -6.10. The number of halogens is 4. The highest BCUT2D eigenvalue weighted by Crippen LogP contribution is 2.80. The van der Waals surface area contributed by atoms with Gasteiger partial charge in [-0.05, 0) is 59.7 Å². The molecule has 3 aliphatic rings. The molecule has 180 valence electrons. The summed E-state index contributed by atoms with van der Waals surface area (Å²) in [5, 5.41) is 22.0. The Bertz CT molecular complexity index is 1340. The van der Waals surface area contributed by atoms with Crippen LogP contribution in [0.2, 0.25) is 0 Å². The minimum atomic E-state index is -3.83. The largest absolute Gasteiger partial charge is 0.377 e. The van der Waals surface area contributed by atoms with Crippen molar-refractivity contribution >= 4 is 9.84 Å². The summed E-state index contributed by atoms with van der Waals surface area (Å²) in [4.78, 5) is 0.867. The van der Waals surface area contributed by atoms with Crippen molar-refractivity contribution in [3.63, 3.8) is 0 Å². The van der Waals surface area contributed by atoms with E-state index in [9.17, 15) is 22.3 Å². The van der Waals surface area contributed by atoms with Crippen molar-refractivity contribution in [1.29, 1.82) is 0 Å². The lowest BCUT2D eigenvalue weighted by Gasteiger charge is -2.74. The molecule has 7 nitrogen and oxygen atoms in total. The lowest BCUT2D eigenvalue weighted by Crippen LogP contribution is -2.76. The number of sulfone groups is 1. The summed E-state index contributed by atoms with van der Waals surface area (Å²) in [5.41, 5.74) is -5.30. The molecule has 0 amide bonds. The number of tetrazole rings is 1. The minimum absolute atomic E-state index is 0.0150. The maximum atomic E-state index is 16.1. The van der Waals surface area contributed by atoms with Crippen LogP contribution in [0.1, 0.15) is 30.4 Å². The molecule has 1 aromatic heterocycles. The Balaban J connectivity index is 1.48. The molecule has 12 heteroatoms. The molecule has 1 heterocycles. The fourth-order valence-corrected chi connectivity index (χ4v) is 6.20. The quantitative estimate of drug-likeness (QED) is 0.505. The van der Waals surface area contributed by atoms with E-state index in [1.807, 2.05) is 0 Å². The van der Waals surface area contributed by atoms with Gasteiger partial charge in [-0.2, -0.15) is 4.80 Å². The van der Waals surface area contributed by atoms with E-state index < -0.39 is 55.9 Å². The van der Waals surface area contributed by atoms with Crippen LogP contribution in [-0.4, -0.2) is 45.9 Å². The SMILES string of the molecule is CS(=O)(=O)c1ccc(C23CC(C(F)(F)C(O)(Cn4ncnn4)c4ccc(F)cc4F)(C2)C3)cc1. The second-order valence-electron chi connectivity index (χ2n) is 9.41. The standard InChI is InChI=1S/C22H20F4N4O3S/c1-34(32,33)16-5-2-14(3-6-16)19-9-20(10-19,11-19)22(25,26)21(31,12-30-28-13-27-29-30)17-7-4-15(23)8-18(17)24/h2-8,13,31H,9-12H2,1H3. The first-order chi connectivity index (χ1) is 15.8. The molecule has 0 aliphatic heterocycles. The highest BCUT2D eigenvalue weighted by Gasteiger charge is 2.82. The number of nitrogens with zero attached hydrogens (tertiary/aromatic N) is 4. The molecule has 3 fully saturated rings. The number of hydrogen-bond donors (Lipinski definition) is 1. The third-order valence-corrected chi connectivity index (χ3v) is 8.38. The van der Waals surface area contributed by atoms with Gasteiger partial charge in [0.05, 0.1) is 4.90 Å². The van der Waals surface area contributed by atoms with Crippen LogP contribution in [0, 0.1) is 17.0 Å². The van der Waals surface area contributed by atoms with Gasteiger partial charge < -0.3 is 5.11 Å². The van der Waals surface area contributed by atoms with E-state index in [1.165, 1.54) is 12.1 Å². The van der Waals surface area contributed by atoms with Gasteiger partial charge in [0, 0.05) is 23.3 Å². The zero-order chi connectivity index (χ0) is 24.6. The zero-order valence-electron chi connectivity index (χ0n) is 17.9. The summed E-state index contributed by atoms with van der Waals surface area (Å²) in [6.07, 6.45) is 2.12. The van der Waals surface area contributed by atoms with Crippen LogP contribution in [0.3, 0.4) is 0 Å². The molecular weight excluding hydrogens is 476 g/mol. The van der Waals surface area contributed by atoms with Crippen molar-refractivity contribution in [3.8, 4) is 0 Å². The van der Waals surface area contributed by atoms with E-state index in [2.05, 4.69) is 15.4 Å². The van der Waals surface area contributed by atoms with Crippen molar-refractivity contribution < 1.29 is 31.1 Å². The Morgan fingerprint density at radius 2 is 1.74 bits per heavy atom. The molecule has 2 bridgehead atoms. The van der Waals surface area contributed by atoms with E-state index >= 15 is 8.78 Å². The molecular formula is C22H20F4N4O3S. The van der Waals surface area contributed by atoms with Gasteiger partial charge in [-0.1, -0.05) is 12.1 Å². The average molecular weight is 496 g/mol. The molecule has 3 aliphatic carbocycles. The van der Waals surface area contributed by atoms with E-state index in [1.54, 1.807) is 12.1 Å². The molecule has 0 radical (unpaired) electrons. The van der Waals surface area contributed by atoms with Crippen LogP contribution in [0.4, 0.5) is 17.6 Å². The van der Waals surface area contributed by atoms with Crippen LogP contribution < -0.4 is 0 Å². The number of rotatable bonds is 7. The minimum Gasteiger partial charge on any atom is -0.377 e. The number of aliphatic hydroxyl groups is 1. The Labute approximate surface area is 192 Å². The van der Waals surface area contributed by atoms with Gasteiger partial charge in [-0.3, -0.25) is 0 Å². The van der Waals surface area contributed by atoms with Gasteiger partial charge in [-0.15, -0.1) is 10.2 Å². The van der Waals surface area contributed by atoms with Crippen molar-refractivity contribution in [1.82, 2.24) is 20.2 Å². The Morgan fingerprint density at radius 3 is 2.26 bits per heavy atom. The van der Waals surface area contributed by atoms with Crippen LogP contribution in [0.15, 0.2) is 53.7 Å². The molecule has 2 aromatic carbocycles. The topological polar surface area (TPSA) is 98.0 Å². The van der Waals surface area contributed by atoms with Gasteiger partial charge in [0.2, 0.25) is 0 Å². The van der Waals surface area contributed by atoms with Crippen molar-refractivity contribution in [2.75, 3.05) is 6.26 Å². The van der Waals surface area contributed by atoms with Crippen LogP contribution in [0.5, 0.6) is 0 Å². The Morgan fingerprint density at radius 1 is 1.09 bits per heavy atom. The summed E-state index contributed by atoms with van der Waals surface area (Å²) in [7, 11) is -3.39. The first-order valence-corrected chi connectivity index (χ1v) is 12.3. The predicted octanol–water partition coefficient (Wildman–Crippen LogP) is 3.00. The van der Waals surface area contributed by atoms with E-state index in [-0.39, 0.29) is 24.2 Å². The highest BCUT2D eigenvalue weighted by atomic mass is 32.2. The summed E-state index contributed by atoms with van der Waals surface area (Å²) in [6, 6.07) is 8.16. The number of aromatic nitrogens is 4. The second kappa shape index (κ2) is 7.08. The maximum absolute atomic E-state index is 16.1. The average Bonchev–Trinajstić information content (AvgIpc) is 3.18. The molecule has 0 spiro atoms. The Hall–Kier alpha value is -2.86. The monoisotopic (exact) mass is 496 g/mol. The molecule has 6 rings (SSSR count). The molecule has 0 saturated heterocycles. The van der Waals surface area contributed by atoms with Gasteiger partial charge >= 0.3 is 0 Å². The maximum Gasteiger partial charge on any atom is 0.287 e. The van der Waals surface area contributed by atoms with Crippen LogP contribution >= 0.6 is 0 Å². The number of alkyl halides is 2. The van der Waals surface area contributed by atoms with E-state index in [0.717, 1.165) is 35.1 Å². The van der Waals surface area contributed by atoms with Crippen molar-refractivity contribution in [2.24, 2.45) is 5.41 Å². The first-order valence-electron chi connectivity index (χ1n) is 10.4. The van der Waals surface area contributed by atoms with Crippen LogP contribution in [-0.2, 0) is 27.4 Å². The van der Waals surface area contributed by atoms with Crippen molar-refractivity contribution in [2.45, 2.75) is 47.6 Å². The molecule has 3 saturated carbocycles. The van der Waals surface area contributed by atoms with Crippen LogP contribution in [0.25, 0.3) is 0 Å². The fourth-order valence-electron chi connectivity index (χ4n) is 5.57. The fraction of sp³-hybridized carbons (Fsp3) is 0.409. The zero-order valence-corrected chi connectivity index (χ0v) is 18.7. The Kier molecular flexibility index (Phi) is 4.77. The van der Waals surface area contributed by atoms with Gasteiger partial charge in [-0.25, -0.2) is 26.0 Å².